The van der Waals surface area contributed by atoms with E-state index in [0.29, 0.717) is 17.3 Å². The molecule has 0 aliphatic heterocycles. The van der Waals surface area contributed by atoms with Crippen LogP contribution in [0.3, 0.4) is 0 Å². The number of anilines is 2. The third-order valence-electron chi connectivity index (χ3n) is 3.34. The van der Waals surface area contributed by atoms with Gasteiger partial charge in [-0.05, 0) is 36.8 Å². The maximum absolute atomic E-state index is 5.29. The topological polar surface area (TPSA) is 77.0 Å². The Hall–Kier alpha value is -2.58. The number of thioether (sulfide) groups is 1. The van der Waals surface area contributed by atoms with E-state index >= 15 is 0 Å². The summed E-state index contributed by atoms with van der Waals surface area (Å²) in [6, 6.07) is 13.7. The number of aromatic nitrogens is 3. The number of aryl methyl sites for hydroxylation is 1. The van der Waals surface area contributed by atoms with E-state index < -0.39 is 0 Å². The molecule has 0 fully saturated rings. The molecule has 4 aromatic rings. The number of furan rings is 1. The summed E-state index contributed by atoms with van der Waals surface area (Å²) in [4.78, 5) is 0. The molecule has 4 rings (SSSR count). The molecule has 6 nitrogen and oxygen atoms in total. The Bertz CT molecular complexity index is 963. The minimum atomic E-state index is 0.625. The van der Waals surface area contributed by atoms with Crippen molar-refractivity contribution in [3.8, 4) is 11.5 Å². The van der Waals surface area contributed by atoms with Crippen LogP contribution in [0.15, 0.2) is 62.0 Å². The summed E-state index contributed by atoms with van der Waals surface area (Å²) in [7, 11) is 0. The summed E-state index contributed by atoms with van der Waals surface area (Å²) in [6.07, 6.45) is 1.61. The fourth-order valence-corrected chi connectivity index (χ4v) is 3.87. The fourth-order valence-electron chi connectivity index (χ4n) is 2.22. The summed E-state index contributed by atoms with van der Waals surface area (Å²) < 4.78 is 11.5. The lowest BCUT2D eigenvalue weighted by Gasteiger charge is -2.01. The molecular weight excluding hydrogens is 356 g/mol. The highest BCUT2D eigenvalue weighted by atomic mass is 32.2. The van der Waals surface area contributed by atoms with Gasteiger partial charge in [0.05, 0.1) is 12.0 Å². The Labute approximate surface area is 152 Å². The molecule has 25 heavy (non-hydrogen) atoms. The molecule has 3 aromatic heterocycles. The molecule has 126 valence electrons. The summed E-state index contributed by atoms with van der Waals surface area (Å²) in [5.41, 5.74) is 3.04. The third-order valence-corrected chi connectivity index (χ3v) is 5.35. The van der Waals surface area contributed by atoms with Crippen LogP contribution in [0.1, 0.15) is 11.3 Å². The van der Waals surface area contributed by atoms with Gasteiger partial charge in [-0.25, -0.2) is 0 Å². The van der Waals surface area contributed by atoms with Crippen molar-refractivity contribution in [1.82, 2.24) is 15.4 Å². The van der Waals surface area contributed by atoms with E-state index in [4.69, 9.17) is 8.94 Å². The average molecular weight is 370 g/mol. The fraction of sp³-hybridized carbons (Fsp3) is 0.118. The van der Waals surface area contributed by atoms with Crippen LogP contribution < -0.4 is 5.32 Å². The number of hydrogen-bond acceptors (Lipinski definition) is 8. The lowest BCUT2D eigenvalue weighted by Crippen LogP contribution is -1.89. The Morgan fingerprint density at radius 2 is 2.08 bits per heavy atom. The maximum Gasteiger partial charge on any atom is 0.210 e. The average Bonchev–Trinajstić information content (AvgIpc) is 3.34. The number of nitrogens with zero attached hydrogens (tertiary/aromatic N) is 3. The molecule has 0 amide bonds. The molecule has 0 saturated heterocycles. The highest BCUT2D eigenvalue weighted by Crippen LogP contribution is 2.31. The van der Waals surface area contributed by atoms with E-state index in [0.717, 1.165) is 20.9 Å². The van der Waals surface area contributed by atoms with Crippen molar-refractivity contribution in [2.24, 2.45) is 0 Å². The van der Waals surface area contributed by atoms with Crippen LogP contribution >= 0.6 is 23.1 Å². The minimum Gasteiger partial charge on any atom is -0.461 e. The molecule has 0 unspecified atom stereocenters. The molecule has 0 spiro atoms. The van der Waals surface area contributed by atoms with E-state index in [1.165, 1.54) is 16.9 Å². The minimum absolute atomic E-state index is 0.625. The monoisotopic (exact) mass is 370 g/mol. The van der Waals surface area contributed by atoms with Crippen LogP contribution in [0, 0.1) is 6.92 Å². The van der Waals surface area contributed by atoms with Crippen LogP contribution in [0.2, 0.25) is 0 Å². The first-order chi connectivity index (χ1) is 12.3. The van der Waals surface area contributed by atoms with Crippen molar-refractivity contribution in [2.45, 2.75) is 17.0 Å². The van der Waals surface area contributed by atoms with E-state index in [-0.39, 0.29) is 0 Å². The zero-order chi connectivity index (χ0) is 17.1. The van der Waals surface area contributed by atoms with Crippen LogP contribution in [0.5, 0.6) is 0 Å². The van der Waals surface area contributed by atoms with Gasteiger partial charge in [-0.2, -0.15) is 0 Å². The van der Waals surface area contributed by atoms with Crippen molar-refractivity contribution < 1.29 is 8.94 Å². The van der Waals surface area contributed by atoms with Gasteiger partial charge < -0.3 is 14.3 Å². The van der Waals surface area contributed by atoms with Crippen molar-refractivity contribution in [3.05, 3.63) is 60.0 Å². The standard InChI is InChI=1S/C17H14N4O2S2/c1-11-4-2-5-12(8-11)18-16-19-20-17(25-16)24-10-13-9-15(23-21-13)14-6-3-7-22-14/h2-9H,10H2,1H3,(H,18,19). The second-order valence-corrected chi connectivity index (χ2v) is 7.52. The van der Waals surface area contributed by atoms with Gasteiger partial charge in [-0.3, -0.25) is 0 Å². The van der Waals surface area contributed by atoms with Crippen molar-refractivity contribution in [3.63, 3.8) is 0 Å². The van der Waals surface area contributed by atoms with Gasteiger partial charge in [-0.1, -0.05) is 40.4 Å². The molecule has 3 heterocycles. The van der Waals surface area contributed by atoms with E-state index in [9.17, 15) is 0 Å². The van der Waals surface area contributed by atoms with Gasteiger partial charge in [-0.15, -0.1) is 10.2 Å². The molecule has 1 N–H and O–H groups in total. The summed E-state index contributed by atoms with van der Waals surface area (Å²) in [6.45, 7) is 2.06. The van der Waals surface area contributed by atoms with Gasteiger partial charge in [0.25, 0.3) is 0 Å². The second kappa shape index (κ2) is 7.12. The lowest BCUT2D eigenvalue weighted by molar-refractivity contribution is 0.413. The Morgan fingerprint density at radius 3 is 2.92 bits per heavy atom. The SMILES string of the molecule is Cc1cccc(Nc2nnc(SCc3cc(-c4ccco4)on3)s2)c1. The predicted octanol–water partition coefficient (Wildman–Crippen LogP) is 5.13. The van der Waals surface area contributed by atoms with E-state index in [1.54, 1.807) is 18.0 Å². The van der Waals surface area contributed by atoms with Crippen molar-refractivity contribution in [2.75, 3.05) is 5.32 Å². The Kier molecular flexibility index (Phi) is 4.53. The molecule has 8 heteroatoms. The first-order valence-corrected chi connectivity index (χ1v) is 9.36. The Balaban J connectivity index is 1.37. The molecule has 0 radical (unpaired) electrons. The number of nitrogens with one attached hydrogen (secondary N) is 1. The molecule has 0 bridgehead atoms. The zero-order valence-electron chi connectivity index (χ0n) is 13.3. The first-order valence-electron chi connectivity index (χ1n) is 7.56. The molecule has 0 saturated carbocycles. The molecule has 0 aliphatic carbocycles. The van der Waals surface area contributed by atoms with Crippen molar-refractivity contribution in [1.29, 1.82) is 0 Å². The Morgan fingerprint density at radius 1 is 1.12 bits per heavy atom. The smallest absolute Gasteiger partial charge is 0.210 e. The van der Waals surface area contributed by atoms with E-state index in [1.807, 2.05) is 30.3 Å². The van der Waals surface area contributed by atoms with Gasteiger partial charge in [0, 0.05) is 17.5 Å². The maximum atomic E-state index is 5.29. The molecule has 0 atom stereocenters. The number of hydrogen-bond donors (Lipinski definition) is 1. The number of rotatable bonds is 6. The van der Waals surface area contributed by atoms with Crippen LogP contribution in [-0.4, -0.2) is 15.4 Å². The molecular formula is C17H14N4O2S2. The first kappa shape index (κ1) is 15.9. The quantitative estimate of drug-likeness (QED) is 0.471. The van der Waals surface area contributed by atoms with Crippen LogP contribution in [0.4, 0.5) is 10.8 Å². The zero-order valence-corrected chi connectivity index (χ0v) is 14.9. The van der Waals surface area contributed by atoms with Crippen LogP contribution in [-0.2, 0) is 5.75 Å². The van der Waals surface area contributed by atoms with Gasteiger partial charge in [0.15, 0.2) is 10.1 Å². The number of benzene rings is 1. The highest BCUT2D eigenvalue weighted by Gasteiger charge is 2.11. The summed E-state index contributed by atoms with van der Waals surface area (Å²) >= 11 is 3.08. The molecule has 1 aromatic carbocycles. The van der Waals surface area contributed by atoms with E-state index in [2.05, 4.69) is 39.7 Å². The summed E-state index contributed by atoms with van der Waals surface area (Å²) in [5.74, 6) is 1.95. The van der Waals surface area contributed by atoms with Crippen molar-refractivity contribution >= 4 is 33.9 Å². The molecule has 0 aliphatic rings. The van der Waals surface area contributed by atoms with Gasteiger partial charge in [0.1, 0.15) is 0 Å². The lowest BCUT2D eigenvalue weighted by atomic mass is 10.2. The highest BCUT2D eigenvalue weighted by molar-refractivity contribution is 8.00. The van der Waals surface area contributed by atoms with Gasteiger partial charge in [0.2, 0.25) is 10.9 Å². The largest absolute Gasteiger partial charge is 0.461 e. The van der Waals surface area contributed by atoms with Gasteiger partial charge >= 0.3 is 0 Å². The van der Waals surface area contributed by atoms with Crippen LogP contribution in [0.25, 0.3) is 11.5 Å². The normalized spacial score (nSPS) is 10.9. The second-order valence-electron chi connectivity index (χ2n) is 5.32. The summed E-state index contributed by atoms with van der Waals surface area (Å²) in [5, 5.41) is 16.5. The predicted molar refractivity (Wildman–Crippen MR) is 98.1 cm³/mol. The third kappa shape index (κ3) is 3.92.